The summed E-state index contributed by atoms with van der Waals surface area (Å²) in [7, 11) is 1.32. The summed E-state index contributed by atoms with van der Waals surface area (Å²) in [6, 6.07) is 22.6. The molecule has 32 heavy (non-hydrogen) atoms. The van der Waals surface area contributed by atoms with Gasteiger partial charge in [-0.1, -0.05) is 60.7 Å². The van der Waals surface area contributed by atoms with Crippen LogP contribution in [0, 0.1) is 13.8 Å². The summed E-state index contributed by atoms with van der Waals surface area (Å²) in [5.41, 5.74) is 3.97. The van der Waals surface area contributed by atoms with E-state index in [2.05, 4.69) is 0 Å². The van der Waals surface area contributed by atoms with Crippen LogP contribution in [-0.4, -0.2) is 13.1 Å². The topological polar surface area (TPSA) is 65.7 Å². The number of aryl methyl sites for hydroxylation is 2. The van der Waals surface area contributed by atoms with Gasteiger partial charge >= 0.3 is 11.6 Å². The molecule has 0 fully saturated rings. The summed E-state index contributed by atoms with van der Waals surface area (Å²) >= 11 is 0. The zero-order valence-corrected chi connectivity index (χ0v) is 18.3. The van der Waals surface area contributed by atoms with Crippen molar-refractivity contribution >= 4 is 16.9 Å². The first-order chi connectivity index (χ1) is 15.5. The number of benzene rings is 3. The molecule has 0 amide bonds. The fourth-order valence-corrected chi connectivity index (χ4v) is 3.82. The van der Waals surface area contributed by atoms with Gasteiger partial charge in [-0.3, -0.25) is 0 Å². The van der Waals surface area contributed by atoms with Crippen LogP contribution in [0.3, 0.4) is 0 Å². The minimum atomic E-state index is -0.928. The average molecular weight is 428 g/mol. The second-order valence-electron chi connectivity index (χ2n) is 7.65. The SMILES string of the molecule is COC(=O)C(Oc1ccc2c(C)c(Cc3ccccc3)c(=O)oc2c1C)c1ccccc1. The molecule has 0 saturated heterocycles. The van der Waals surface area contributed by atoms with Crippen molar-refractivity contribution in [3.8, 4) is 5.75 Å². The van der Waals surface area contributed by atoms with Gasteiger partial charge in [-0.2, -0.15) is 0 Å². The molecule has 0 aliphatic rings. The number of methoxy groups -OCH3 is 1. The molecule has 1 heterocycles. The number of fused-ring (bicyclic) bond motifs is 1. The largest absolute Gasteiger partial charge is 0.474 e. The van der Waals surface area contributed by atoms with E-state index in [-0.39, 0.29) is 5.63 Å². The number of carbonyl (C=O) groups is 1. The molecule has 1 unspecified atom stereocenters. The van der Waals surface area contributed by atoms with E-state index < -0.39 is 12.1 Å². The van der Waals surface area contributed by atoms with Crippen LogP contribution in [0.1, 0.15) is 33.9 Å². The van der Waals surface area contributed by atoms with Gasteiger partial charge in [0.25, 0.3) is 0 Å². The lowest BCUT2D eigenvalue weighted by molar-refractivity contribution is -0.149. The monoisotopic (exact) mass is 428 g/mol. The van der Waals surface area contributed by atoms with Gasteiger partial charge in [0.2, 0.25) is 6.10 Å². The Morgan fingerprint density at radius 3 is 2.22 bits per heavy atom. The van der Waals surface area contributed by atoms with Crippen molar-refractivity contribution in [3.05, 3.63) is 111 Å². The van der Waals surface area contributed by atoms with Crippen molar-refractivity contribution in [1.29, 1.82) is 0 Å². The van der Waals surface area contributed by atoms with E-state index >= 15 is 0 Å². The van der Waals surface area contributed by atoms with Crippen LogP contribution >= 0.6 is 0 Å². The third-order valence-corrected chi connectivity index (χ3v) is 5.64. The first-order valence-corrected chi connectivity index (χ1v) is 10.4. The highest BCUT2D eigenvalue weighted by Gasteiger charge is 2.25. The van der Waals surface area contributed by atoms with Gasteiger partial charge in [0.1, 0.15) is 11.3 Å². The van der Waals surface area contributed by atoms with Crippen molar-refractivity contribution in [3.63, 3.8) is 0 Å². The highest BCUT2D eigenvalue weighted by atomic mass is 16.6. The maximum Gasteiger partial charge on any atom is 0.351 e. The standard InChI is InChI=1S/C27H24O5/c1-17-21-14-15-23(31-25(27(29)30-3)20-12-8-5-9-13-20)18(2)24(21)32-26(28)22(17)16-19-10-6-4-7-11-19/h4-15,25H,16H2,1-3H3. The molecular weight excluding hydrogens is 404 g/mol. The molecule has 5 nitrogen and oxygen atoms in total. The lowest BCUT2D eigenvalue weighted by atomic mass is 9.98. The van der Waals surface area contributed by atoms with E-state index in [0.717, 1.165) is 16.5 Å². The molecule has 0 aliphatic heterocycles. The van der Waals surface area contributed by atoms with Gasteiger partial charge in [-0.05, 0) is 37.1 Å². The quantitative estimate of drug-likeness (QED) is 0.308. The third-order valence-electron chi connectivity index (χ3n) is 5.64. The summed E-state index contributed by atoms with van der Waals surface area (Å²) in [5, 5.41) is 0.842. The first kappa shape index (κ1) is 21.4. The Hall–Kier alpha value is -3.86. The molecule has 0 spiro atoms. The van der Waals surface area contributed by atoms with Crippen LogP contribution in [-0.2, 0) is 16.0 Å². The molecule has 0 bridgehead atoms. The summed E-state index contributed by atoms with van der Waals surface area (Å²) in [5.74, 6) is -0.0540. The molecule has 3 aromatic carbocycles. The van der Waals surface area contributed by atoms with Crippen LogP contribution in [0.15, 0.2) is 82.0 Å². The Bertz CT molecular complexity index is 1310. The van der Waals surface area contributed by atoms with Gasteiger partial charge in [0, 0.05) is 28.5 Å². The number of esters is 1. The van der Waals surface area contributed by atoms with E-state index in [4.69, 9.17) is 13.9 Å². The lowest BCUT2D eigenvalue weighted by Gasteiger charge is -2.19. The lowest BCUT2D eigenvalue weighted by Crippen LogP contribution is -2.20. The third kappa shape index (κ3) is 4.14. The molecule has 1 aromatic heterocycles. The summed E-state index contributed by atoms with van der Waals surface area (Å²) in [6.07, 6.45) is -0.428. The van der Waals surface area contributed by atoms with Crippen molar-refractivity contribution in [1.82, 2.24) is 0 Å². The molecule has 162 valence electrons. The van der Waals surface area contributed by atoms with Crippen molar-refractivity contribution in [2.24, 2.45) is 0 Å². The number of ether oxygens (including phenoxy) is 2. The zero-order valence-electron chi connectivity index (χ0n) is 18.3. The predicted molar refractivity (Wildman–Crippen MR) is 123 cm³/mol. The van der Waals surface area contributed by atoms with Crippen LogP contribution in [0.4, 0.5) is 0 Å². The molecule has 4 aromatic rings. The highest BCUT2D eigenvalue weighted by Crippen LogP contribution is 2.33. The van der Waals surface area contributed by atoms with Gasteiger partial charge in [0.15, 0.2) is 0 Å². The molecule has 4 rings (SSSR count). The normalized spacial score (nSPS) is 11.8. The Morgan fingerprint density at radius 1 is 0.906 bits per heavy atom. The highest BCUT2D eigenvalue weighted by molar-refractivity contribution is 5.86. The van der Waals surface area contributed by atoms with E-state index in [1.807, 2.05) is 68.4 Å². The Kier molecular flexibility index (Phi) is 6.08. The molecule has 0 saturated carbocycles. The molecule has 1 atom stereocenters. The van der Waals surface area contributed by atoms with E-state index in [1.54, 1.807) is 18.2 Å². The Balaban J connectivity index is 1.75. The molecular formula is C27H24O5. The Morgan fingerprint density at radius 2 is 1.56 bits per heavy atom. The minimum Gasteiger partial charge on any atom is -0.474 e. The summed E-state index contributed by atoms with van der Waals surface area (Å²) in [6.45, 7) is 3.75. The van der Waals surface area contributed by atoms with Gasteiger partial charge in [-0.15, -0.1) is 0 Å². The van der Waals surface area contributed by atoms with E-state index in [0.29, 0.717) is 34.4 Å². The van der Waals surface area contributed by atoms with Crippen molar-refractivity contribution in [2.75, 3.05) is 7.11 Å². The predicted octanol–water partition coefficient (Wildman–Crippen LogP) is 5.29. The molecule has 5 heteroatoms. The summed E-state index contributed by atoms with van der Waals surface area (Å²) < 4.78 is 16.7. The van der Waals surface area contributed by atoms with Crippen molar-refractivity contribution in [2.45, 2.75) is 26.4 Å². The number of hydrogen-bond donors (Lipinski definition) is 0. The Labute approximate surface area is 186 Å². The molecule has 0 N–H and O–H groups in total. The zero-order chi connectivity index (χ0) is 22.7. The fourth-order valence-electron chi connectivity index (χ4n) is 3.82. The maximum atomic E-state index is 12.8. The van der Waals surface area contributed by atoms with E-state index in [1.165, 1.54) is 7.11 Å². The van der Waals surface area contributed by atoms with Gasteiger partial charge in [0.05, 0.1) is 7.11 Å². The van der Waals surface area contributed by atoms with Crippen LogP contribution in [0.25, 0.3) is 11.0 Å². The van der Waals surface area contributed by atoms with Crippen LogP contribution in [0.2, 0.25) is 0 Å². The minimum absolute atomic E-state index is 0.369. The second kappa shape index (κ2) is 9.10. The van der Waals surface area contributed by atoms with Crippen molar-refractivity contribution < 1.29 is 18.7 Å². The number of rotatable bonds is 6. The van der Waals surface area contributed by atoms with Gasteiger partial charge in [-0.25, -0.2) is 9.59 Å². The number of hydrogen-bond acceptors (Lipinski definition) is 5. The van der Waals surface area contributed by atoms with E-state index in [9.17, 15) is 9.59 Å². The first-order valence-electron chi connectivity index (χ1n) is 10.4. The van der Waals surface area contributed by atoms with Crippen LogP contribution < -0.4 is 10.4 Å². The molecule has 0 aliphatic carbocycles. The number of carbonyl (C=O) groups excluding carboxylic acids is 1. The molecule has 0 radical (unpaired) electrons. The summed E-state index contributed by atoms with van der Waals surface area (Å²) in [4.78, 5) is 25.2. The second-order valence-corrected chi connectivity index (χ2v) is 7.65. The van der Waals surface area contributed by atoms with Crippen LogP contribution in [0.5, 0.6) is 5.75 Å². The average Bonchev–Trinajstić information content (AvgIpc) is 2.82. The maximum absolute atomic E-state index is 12.8. The smallest absolute Gasteiger partial charge is 0.351 e. The fraction of sp³-hybridized carbons (Fsp3) is 0.185. The van der Waals surface area contributed by atoms with Gasteiger partial charge < -0.3 is 13.9 Å².